The number of hydrogen-bond acceptors (Lipinski definition) is 5. The molecule has 1 atom stereocenters. The fraction of sp³-hybridized carbons (Fsp3) is 0.571. The Bertz CT molecular complexity index is 668. The molecule has 1 aliphatic heterocycles. The van der Waals surface area contributed by atoms with Crippen LogP contribution in [0, 0.1) is 5.41 Å². The first-order valence-electron chi connectivity index (χ1n) is 7.05. The second kappa shape index (κ2) is 5.97. The van der Waals surface area contributed by atoms with Crippen LogP contribution >= 0.6 is 11.3 Å². The van der Waals surface area contributed by atoms with E-state index in [0.29, 0.717) is 17.3 Å². The van der Waals surface area contributed by atoms with Gasteiger partial charge in [-0.3, -0.25) is 9.59 Å². The Balaban J connectivity index is 2.23. The van der Waals surface area contributed by atoms with Crippen LogP contribution in [0.25, 0.3) is 0 Å². The van der Waals surface area contributed by atoms with Crippen molar-refractivity contribution in [2.45, 2.75) is 37.5 Å². The van der Waals surface area contributed by atoms with Gasteiger partial charge in [0.05, 0.1) is 5.56 Å². The summed E-state index contributed by atoms with van der Waals surface area (Å²) in [5, 5.41) is 12.4. The molecule has 2 amide bonds. The summed E-state index contributed by atoms with van der Waals surface area (Å²) in [6.45, 7) is 8.21. The van der Waals surface area contributed by atoms with Gasteiger partial charge in [0.2, 0.25) is 0 Å². The summed E-state index contributed by atoms with van der Waals surface area (Å²) in [5.74, 6) is -1.39. The van der Waals surface area contributed by atoms with Crippen molar-refractivity contribution in [1.29, 1.82) is 0 Å². The summed E-state index contributed by atoms with van der Waals surface area (Å²) in [5.41, 5.74) is 3.94. The van der Waals surface area contributed by atoms with Crippen LogP contribution in [0.3, 0.4) is 0 Å². The number of nitrogens with zero attached hydrogens (tertiary/aromatic N) is 1. The molecule has 2 heterocycles. The summed E-state index contributed by atoms with van der Waals surface area (Å²) < 4.78 is 14.8. The zero-order valence-corrected chi connectivity index (χ0v) is 15.1. The number of aliphatic hydroxyl groups is 1. The third-order valence-corrected chi connectivity index (χ3v) is 6.09. The minimum absolute atomic E-state index is 0.0933. The minimum Gasteiger partial charge on any atom is -0.381 e. The minimum atomic E-state index is -1.60. The van der Waals surface area contributed by atoms with E-state index in [1.165, 1.54) is 19.9 Å². The molecule has 0 spiro atoms. The first-order valence-corrected chi connectivity index (χ1v) is 8.97. The molecular weight excluding hydrogens is 338 g/mol. The fourth-order valence-corrected chi connectivity index (χ4v) is 5.19. The van der Waals surface area contributed by atoms with Crippen LogP contribution in [0.2, 0.25) is 0 Å². The molecular formula is C14H21N3O4S2. The van der Waals surface area contributed by atoms with Gasteiger partial charge in [-0.25, -0.2) is 8.51 Å². The molecule has 1 saturated heterocycles. The Hall–Kier alpha value is -1.29. The van der Waals surface area contributed by atoms with Gasteiger partial charge in [0.25, 0.3) is 11.8 Å². The Morgan fingerprint density at radius 1 is 1.43 bits per heavy atom. The average Bonchev–Trinajstić information content (AvgIpc) is 2.77. The van der Waals surface area contributed by atoms with Crippen molar-refractivity contribution in [2.24, 2.45) is 11.1 Å². The number of thiophene rings is 1. The van der Waals surface area contributed by atoms with Crippen molar-refractivity contribution in [3.63, 3.8) is 0 Å². The third kappa shape index (κ3) is 3.97. The molecule has 1 aromatic heterocycles. The molecule has 2 rings (SSSR count). The smallest absolute Gasteiger partial charge is 0.256 e. The number of rotatable bonds is 5. The number of hydrogen-bond donors (Lipinski definition) is 3. The molecule has 0 saturated carbocycles. The van der Waals surface area contributed by atoms with Crippen molar-refractivity contribution >= 4 is 39.1 Å². The van der Waals surface area contributed by atoms with Crippen LogP contribution in [-0.4, -0.2) is 44.1 Å². The highest BCUT2D eigenvalue weighted by Gasteiger charge is 2.38. The summed E-state index contributed by atoms with van der Waals surface area (Å²) in [7, 11) is -1.40. The van der Waals surface area contributed by atoms with E-state index in [1.54, 1.807) is 4.31 Å². The van der Waals surface area contributed by atoms with Crippen LogP contribution in [-0.2, 0) is 15.8 Å². The highest BCUT2D eigenvalue weighted by Crippen LogP contribution is 2.36. The molecule has 1 fully saturated rings. The highest BCUT2D eigenvalue weighted by atomic mass is 32.2. The summed E-state index contributed by atoms with van der Waals surface area (Å²) in [6, 6.07) is 1.44. The van der Waals surface area contributed by atoms with E-state index in [2.05, 4.69) is 19.2 Å². The summed E-state index contributed by atoms with van der Waals surface area (Å²) in [4.78, 5) is 23.4. The number of carbonyl (C=O) groups excluding carboxylic acids is 2. The van der Waals surface area contributed by atoms with Crippen LogP contribution in [0.5, 0.6) is 0 Å². The Morgan fingerprint density at radius 3 is 2.43 bits per heavy atom. The van der Waals surface area contributed by atoms with Gasteiger partial charge in [-0.15, -0.1) is 11.3 Å². The molecule has 0 aromatic carbocycles. The number of nitrogens with one attached hydrogen (secondary N) is 1. The van der Waals surface area contributed by atoms with Crippen molar-refractivity contribution in [3.05, 3.63) is 11.6 Å². The maximum atomic E-state index is 12.5. The van der Waals surface area contributed by atoms with Crippen molar-refractivity contribution in [1.82, 2.24) is 4.31 Å². The van der Waals surface area contributed by atoms with Crippen LogP contribution in [0.4, 0.5) is 5.00 Å². The number of carbonyl (C=O) groups is 2. The van der Waals surface area contributed by atoms with Crippen LogP contribution < -0.4 is 11.1 Å². The first kappa shape index (κ1) is 18.1. The number of amides is 2. The van der Waals surface area contributed by atoms with Crippen molar-refractivity contribution < 1.29 is 18.9 Å². The molecule has 1 unspecified atom stereocenters. The van der Waals surface area contributed by atoms with Gasteiger partial charge in [-0.05, 0) is 25.3 Å². The van der Waals surface area contributed by atoms with E-state index in [-0.39, 0.29) is 16.0 Å². The van der Waals surface area contributed by atoms with Crippen LogP contribution in [0.1, 0.15) is 38.1 Å². The molecule has 9 heteroatoms. The third-order valence-electron chi connectivity index (χ3n) is 3.37. The Kier molecular flexibility index (Phi) is 4.69. The van der Waals surface area contributed by atoms with E-state index >= 15 is 0 Å². The van der Waals surface area contributed by atoms with E-state index in [1.807, 2.05) is 0 Å². The molecule has 0 radical (unpaired) electrons. The monoisotopic (exact) mass is 359 g/mol. The predicted molar refractivity (Wildman–Crippen MR) is 89.5 cm³/mol. The van der Waals surface area contributed by atoms with Gasteiger partial charge < -0.3 is 16.2 Å². The van der Waals surface area contributed by atoms with E-state index < -0.39 is 28.4 Å². The lowest BCUT2D eigenvalue weighted by molar-refractivity contribution is -0.130. The largest absolute Gasteiger partial charge is 0.381 e. The molecule has 128 valence electrons. The molecule has 4 N–H and O–H groups in total. The quantitative estimate of drug-likeness (QED) is 0.725. The lowest BCUT2D eigenvalue weighted by Gasteiger charge is -2.44. The second-order valence-corrected chi connectivity index (χ2v) is 9.66. The molecule has 7 nitrogen and oxygen atoms in total. The SMILES string of the molecule is CC1(C)CN(S(=O)c2cc(C(N)=O)c(NC(=O)C(C)(C)O)s2)C1. The van der Waals surface area contributed by atoms with Crippen molar-refractivity contribution in [3.8, 4) is 0 Å². The van der Waals surface area contributed by atoms with Gasteiger partial charge in [0.1, 0.15) is 25.8 Å². The number of primary amides is 1. The molecule has 23 heavy (non-hydrogen) atoms. The van der Waals surface area contributed by atoms with Gasteiger partial charge in [0.15, 0.2) is 0 Å². The lowest BCUT2D eigenvalue weighted by atomic mass is 9.87. The molecule has 0 bridgehead atoms. The Morgan fingerprint density at radius 2 is 2.00 bits per heavy atom. The van der Waals surface area contributed by atoms with Gasteiger partial charge in [-0.2, -0.15) is 0 Å². The van der Waals surface area contributed by atoms with Crippen LogP contribution in [0.15, 0.2) is 10.3 Å². The van der Waals surface area contributed by atoms with Gasteiger partial charge in [0, 0.05) is 13.1 Å². The standard InChI is InChI=1S/C14H21N3O4S2/c1-13(2)6-17(7-13)23(21)9-5-8(10(15)18)11(22-9)16-12(19)14(3,4)20/h5,20H,6-7H2,1-4H3,(H2,15,18)(H,16,19). The second-order valence-electron chi connectivity index (χ2n) is 6.90. The summed E-state index contributed by atoms with van der Waals surface area (Å²) in [6.07, 6.45) is 0. The lowest BCUT2D eigenvalue weighted by Crippen LogP contribution is -2.53. The maximum Gasteiger partial charge on any atom is 0.256 e. The zero-order chi connectivity index (χ0) is 17.6. The molecule has 0 aliphatic carbocycles. The number of nitrogens with two attached hydrogens (primary N) is 1. The normalized spacial score (nSPS) is 19.0. The van der Waals surface area contributed by atoms with Gasteiger partial charge >= 0.3 is 0 Å². The fourth-order valence-electron chi connectivity index (χ4n) is 2.14. The van der Waals surface area contributed by atoms with Gasteiger partial charge in [-0.1, -0.05) is 13.8 Å². The maximum absolute atomic E-state index is 12.5. The molecule has 1 aliphatic rings. The average molecular weight is 359 g/mol. The van der Waals surface area contributed by atoms with Crippen molar-refractivity contribution in [2.75, 3.05) is 18.4 Å². The van der Waals surface area contributed by atoms with E-state index in [0.717, 1.165) is 11.3 Å². The van der Waals surface area contributed by atoms with E-state index in [9.17, 15) is 18.9 Å². The van der Waals surface area contributed by atoms with E-state index in [4.69, 9.17) is 5.73 Å². The molecule has 1 aromatic rings. The first-order chi connectivity index (χ1) is 10.4. The number of anilines is 1. The topological polar surface area (TPSA) is 113 Å². The predicted octanol–water partition coefficient (Wildman–Crippen LogP) is 0.921. The zero-order valence-electron chi connectivity index (χ0n) is 13.5. The Labute approximate surface area is 141 Å². The summed E-state index contributed by atoms with van der Waals surface area (Å²) >= 11 is 1.03. The highest BCUT2D eigenvalue weighted by molar-refractivity contribution is 7.85.